The number of fused-ring (bicyclic) bond motifs is 3. The van der Waals surface area contributed by atoms with Crippen LogP contribution in [0, 0.1) is 11.8 Å². The number of nitrogens with zero attached hydrogens (tertiary/aromatic N) is 1. The molecule has 2 aromatic carbocycles. The smallest absolute Gasteiger partial charge is 0.407 e. The molecule has 9 heteroatoms. The minimum absolute atomic E-state index is 0.0369. The molecule has 5 rings (SSSR count). The number of hydrogen-bond donors (Lipinski definition) is 3. The highest BCUT2D eigenvalue weighted by molar-refractivity contribution is 5.95. The first-order chi connectivity index (χ1) is 15.9. The average molecular weight is 449 g/mol. The van der Waals surface area contributed by atoms with Crippen molar-refractivity contribution >= 4 is 23.9 Å². The lowest BCUT2D eigenvalue weighted by Crippen LogP contribution is -2.47. The van der Waals surface area contributed by atoms with Gasteiger partial charge in [-0.2, -0.15) is 0 Å². The van der Waals surface area contributed by atoms with Crippen molar-refractivity contribution < 1.29 is 29.0 Å². The first-order valence-corrected chi connectivity index (χ1v) is 10.9. The summed E-state index contributed by atoms with van der Waals surface area (Å²) in [5.74, 6) is -2.75. The van der Waals surface area contributed by atoms with E-state index in [1.807, 2.05) is 36.4 Å². The average Bonchev–Trinajstić information content (AvgIpc) is 3.38. The predicted molar refractivity (Wildman–Crippen MR) is 116 cm³/mol. The van der Waals surface area contributed by atoms with Crippen molar-refractivity contribution in [3.05, 3.63) is 59.7 Å². The number of carbonyl (C=O) groups excluding carboxylic acids is 3. The molecule has 3 amide bonds. The molecular formula is C24H23N3O6. The third-order valence-electron chi connectivity index (χ3n) is 6.55. The van der Waals surface area contributed by atoms with Crippen LogP contribution in [0.2, 0.25) is 0 Å². The number of alkyl carbamates (subject to hydrolysis) is 1. The molecule has 3 aliphatic rings. The number of hydrogen-bond acceptors (Lipinski definition) is 5. The monoisotopic (exact) mass is 449 g/mol. The maximum atomic E-state index is 12.6. The molecule has 0 spiro atoms. The van der Waals surface area contributed by atoms with E-state index in [1.54, 1.807) is 0 Å². The Morgan fingerprint density at radius 3 is 2.33 bits per heavy atom. The van der Waals surface area contributed by atoms with Gasteiger partial charge in [-0.05, 0) is 34.6 Å². The van der Waals surface area contributed by atoms with Gasteiger partial charge >= 0.3 is 12.1 Å². The second-order valence-corrected chi connectivity index (χ2v) is 8.61. The Bertz CT molecular complexity index is 1100. The molecule has 0 bridgehead atoms. The van der Waals surface area contributed by atoms with Crippen LogP contribution in [0.3, 0.4) is 0 Å². The second-order valence-electron chi connectivity index (χ2n) is 8.61. The molecule has 33 heavy (non-hydrogen) atoms. The quantitative estimate of drug-likeness (QED) is 0.618. The summed E-state index contributed by atoms with van der Waals surface area (Å²) < 4.78 is 5.50. The third kappa shape index (κ3) is 3.90. The van der Waals surface area contributed by atoms with E-state index >= 15 is 0 Å². The van der Waals surface area contributed by atoms with Crippen LogP contribution in [-0.2, 0) is 19.1 Å². The number of nitrogens with one attached hydrogen (secondary N) is 2. The van der Waals surface area contributed by atoms with Crippen LogP contribution in [0.25, 0.3) is 11.1 Å². The summed E-state index contributed by atoms with van der Waals surface area (Å²) in [6.45, 7) is 0.444. The molecule has 1 saturated heterocycles. The van der Waals surface area contributed by atoms with E-state index in [1.165, 1.54) is 0 Å². The standard InChI is InChI=1S/C24H23N3O6/c28-21-10-20(23(30)31)27(26-21)22(29)18-9-13(18)11-25-24(32)33-12-19-16-7-3-1-5-14(16)15-6-2-4-8-17(15)19/h1-8,13,18-20H,9-12H2,(H,25,32)(H,26,28)(H,30,31)/t13-,18-,20?/m1/s1. The van der Waals surface area contributed by atoms with Crippen molar-refractivity contribution in [2.75, 3.05) is 13.2 Å². The lowest BCUT2D eigenvalue weighted by atomic mass is 9.98. The van der Waals surface area contributed by atoms with Gasteiger partial charge in [-0.1, -0.05) is 48.5 Å². The second kappa shape index (κ2) is 8.23. The number of rotatable bonds is 6. The Hall–Kier alpha value is -3.88. The molecule has 0 aromatic heterocycles. The van der Waals surface area contributed by atoms with Gasteiger partial charge in [-0.25, -0.2) is 14.6 Å². The number of hydrazine groups is 1. The fraction of sp³-hybridized carbons (Fsp3) is 0.333. The Kier molecular flexibility index (Phi) is 5.24. The minimum Gasteiger partial charge on any atom is -0.480 e. The summed E-state index contributed by atoms with van der Waals surface area (Å²) in [6.07, 6.45) is -0.301. The lowest BCUT2D eigenvalue weighted by Gasteiger charge is -2.20. The van der Waals surface area contributed by atoms with Gasteiger partial charge < -0.3 is 15.2 Å². The highest BCUT2D eigenvalue weighted by Crippen LogP contribution is 2.44. The molecule has 2 aliphatic carbocycles. The van der Waals surface area contributed by atoms with E-state index in [4.69, 9.17) is 4.74 Å². The van der Waals surface area contributed by atoms with E-state index in [0.717, 1.165) is 27.3 Å². The van der Waals surface area contributed by atoms with Gasteiger partial charge in [0.1, 0.15) is 6.61 Å². The lowest BCUT2D eigenvalue weighted by molar-refractivity contribution is -0.151. The zero-order chi connectivity index (χ0) is 23.1. The van der Waals surface area contributed by atoms with Crippen LogP contribution in [0.4, 0.5) is 4.79 Å². The fourth-order valence-corrected chi connectivity index (χ4v) is 4.75. The molecule has 3 N–H and O–H groups in total. The molecule has 2 aromatic rings. The summed E-state index contributed by atoms with van der Waals surface area (Å²) >= 11 is 0. The number of carbonyl (C=O) groups is 4. The topological polar surface area (TPSA) is 125 Å². The highest BCUT2D eigenvalue weighted by Gasteiger charge is 2.50. The van der Waals surface area contributed by atoms with Crippen LogP contribution in [0.5, 0.6) is 0 Å². The SMILES string of the molecule is O=C1CC(C(=O)O)N(C(=O)[C@@H]2C[C@@H]2CNC(=O)OCC2c3ccccc3-c3ccccc32)N1. The van der Waals surface area contributed by atoms with Crippen molar-refractivity contribution in [3.8, 4) is 11.1 Å². The maximum Gasteiger partial charge on any atom is 0.407 e. The van der Waals surface area contributed by atoms with E-state index in [2.05, 4.69) is 22.9 Å². The fourth-order valence-electron chi connectivity index (χ4n) is 4.75. The molecule has 2 fully saturated rings. The number of aliphatic carboxylic acids is 1. The first kappa shape index (κ1) is 21.0. The number of benzene rings is 2. The van der Waals surface area contributed by atoms with Crippen molar-refractivity contribution in [1.29, 1.82) is 0 Å². The van der Waals surface area contributed by atoms with Crippen LogP contribution in [0.15, 0.2) is 48.5 Å². The van der Waals surface area contributed by atoms with Crippen molar-refractivity contribution in [1.82, 2.24) is 15.8 Å². The number of carboxylic acid groups (broad SMARTS) is 1. The maximum absolute atomic E-state index is 12.6. The summed E-state index contributed by atoms with van der Waals surface area (Å²) in [5.41, 5.74) is 6.86. The van der Waals surface area contributed by atoms with Gasteiger partial charge in [0.2, 0.25) is 11.8 Å². The predicted octanol–water partition coefficient (Wildman–Crippen LogP) is 1.88. The Morgan fingerprint density at radius 2 is 1.70 bits per heavy atom. The zero-order valence-corrected chi connectivity index (χ0v) is 17.7. The molecule has 3 atom stereocenters. The largest absolute Gasteiger partial charge is 0.480 e. The van der Waals surface area contributed by atoms with Crippen LogP contribution < -0.4 is 10.7 Å². The summed E-state index contributed by atoms with van der Waals surface area (Å²) in [5, 5.41) is 12.8. The highest BCUT2D eigenvalue weighted by atomic mass is 16.5. The van der Waals surface area contributed by atoms with Crippen LogP contribution >= 0.6 is 0 Å². The van der Waals surface area contributed by atoms with Gasteiger partial charge in [0.05, 0.1) is 6.42 Å². The van der Waals surface area contributed by atoms with Crippen molar-refractivity contribution in [3.63, 3.8) is 0 Å². The molecule has 0 radical (unpaired) electrons. The molecule has 1 unspecified atom stereocenters. The summed E-state index contributed by atoms with van der Waals surface area (Å²) in [6, 6.07) is 15.0. The van der Waals surface area contributed by atoms with Gasteiger partial charge in [-0.3, -0.25) is 15.0 Å². The molecule has 1 heterocycles. The summed E-state index contributed by atoms with van der Waals surface area (Å²) in [4.78, 5) is 47.7. The molecule has 1 aliphatic heterocycles. The van der Waals surface area contributed by atoms with E-state index in [9.17, 15) is 24.3 Å². The normalized spacial score (nSPS) is 22.8. The van der Waals surface area contributed by atoms with Gasteiger partial charge in [-0.15, -0.1) is 0 Å². The molecule has 1 saturated carbocycles. The van der Waals surface area contributed by atoms with Crippen molar-refractivity contribution in [2.45, 2.75) is 24.8 Å². The van der Waals surface area contributed by atoms with Gasteiger partial charge in [0, 0.05) is 18.4 Å². The Morgan fingerprint density at radius 1 is 1.06 bits per heavy atom. The Labute approximate surface area is 189 Å². The minimum atomic E-state index is -1.23. The number of amides is 3. The molecule has 9 nitrogen and oxygen atoms in total. The third-order valence-corrected chi connectivity index (χ3v) is 6.55. The van der Waals surface area contributed by atoms with E-state index < -0.39 is 35.8 Å². The molecular weight excluding hydrogens is 426 g/mol. The summed E-state index contributed by atoms with van der Waals surface area (Å²) in [7, 11) is 0. The molecule has 170 valence electrons. The number of carboxylic acids is 1. The van der Waals surface area contributed by atoms with E-state index in [0.29, 0.717) is 6.42 Å². The van der Waals surface area contributed by atoms with Crippen LogP contribution in [0.1, 0.15) is 29.9 Å². The number of ether oxygens (including phenoxy) is 1. The van der Waals surface area contributed by atoms with Crippen LogP contribution in [-0.4, -0.2) is 53.2 Å². The zero-order valence-electron chi connectivity index (χ0n) is 17.7. The Balaban J connectivity index is 1.13. The van der Waals surface area contributed by atoms with E-state index in [-0.39, 0.29) is 31.4 Å². The van der Waals surface area contributed by atoms with Crippen molar-refractivity contribution in [2.24, 2.45) is 11.8 Å². The van der Waals surface area contributed by atoms with Gasteiger partial charge in [0.15, 0.2) is 6.04 Å². The first-order valence-electron chi connectivity index (χ1n) is 10.9. The van der Waals surface area contributed by atoms with Gasteiger partial charge in [0.25, 0.3) is 0 Å².